The smallest absolute Gasteiger partial charge is 0.337 e. The number of rotatable bonds is 4. The van der Waals surface area contributed by atoms with E-state index in [-0.39, 0.29) is 17.1 Å². The highest BCUT2D eigenvalue weighted by Crippen LogP contribution is 2.19. The van der Waals surface area contributed by atoms with E-state index in [1.165, 1.54) is 37.4 Å². The molecule has 0 aliphatic rings. The number of anilines is 1. The molecule has 0 atom stereocenters. The SMILES string of the molecule is COC(=O)c1ccc(F)c(NCc2ccc(F)cc2C)c1. The molecular formula is C16H15F2NO2. The van der Waals surface area contributed by atoms with Gasteiger partial charge in [0.15, 0.2) is 0 Å². The van der Waals surface area contributed by atoms with Crippen LogP contribution in [0.2, 0.25) is 0 Å². The molecule has 2 rings (SSSR count). The molecule has 0 saturated heterocycles. The van der Waals surface area contributed by atoms with E-state index >= 15 is 0 Å². The maximum atomic E-state index is 13.7. The fraction of sp³-hybridized carbons (Fsp3) is 0.188. The number of carbonyl (C=O) groups is 1. The van der Waals surface area contributed by atoms with Gasteiger partial charge in [0.05, 0.1) is 18.4 Å². The van der Waals surface area contributed by atoms with Crippen LogP contribution >= 0.6 is 0 Å². The summed E-state index contributed by atoms with van der Waals surface area (Å²) < 4.78 is 31.3. The molecular weight excluding hydrogens is 276 g/mol. The Labute approximate surface area is 121 Å². The maximum Gasteiger partial charge on any atom is 0.337 e. The number of aryl methyl sites for hydroxylation is 1. The predicted molar refractivity (Wildman–Crippen MR) is 76.2 cm³/mol. The van der Waals surface area contributed by atoms with Gasteiger partial charge in [-0.05, 0) is 48.4 Å². The monoisotopic (exact) mass is 291 g/mol. The van der Waals surface area contributed by atoms with Crippen molar-refractivity contribution in [2.24, 2.45) is 0 Å². The van der Waals surface area contributed by atoms with Gasteiger partial charge in [0, 0.05) is 6.54 Å². The number of methoxy groups -OCH3 is 1. The number of nitrogens with one attached hydrogen (secondary N) is 1. The van der Waals surface area contributed by atoms with E-state index in [1.54, 1.807) is 13.0 Å². The maximum absolute atomic E-state index is 13.7. The molecule has 0 aromatic heterocycles. The van der Waals surface area contributed by atoms with Crippen molar-refractivity contribution in [1.82, 2.24) is 0 Å². The minimum Gasteiger partial charge on any atom is -0.465 e. The fourth-order valence-corrected chi connectivity index (χ4v) is 1.95. The molecule has 0 spiro atoms. The molecule has 0 aliphatic carbocycles. The molecule has 3 nitrogen and oxygen atoms in total. The van der Waals surface area contributed by atoms with Gasteiger partial charge in [-0.1, -0.05) is 6.07 Å². The van der Waals surface area contributed by atoms with Crippen molar-refractivity contribution in [3.05, 3.63) is 64.7 Å². The third-order valence-electron chi connectivity index (χ3n) is 3.16. The first kappa shape index (κ1) is 15.0. The molecule has 110 valence electrons. The minimum atomic E-state index is -0.531. The summed E-state index contributed by atoms with van der Waals surface area (Å²) in [7, 11) is 1.26. The standard InChI is InChI=1S/C16H15F2NO2/c1-10-7-13(17)5-3-12(10)9-19-15-8-11(16(20)21-2)4-6-14(15)18/h3-8,19H,9H2,1-2H3. The molecule has 5 heteroatoms. The van der Waals surface area contributed by atoms with Gasteiger partial charge in [-0.25, -0.2) is 13.6 Å². The van der Waals surface area contributed by atoms with Gasteiger partial charge >= 0.3 is 5.97 Å². The lowest BCUT2D eigenvalue weighted by Gasteiger charge is -2.11. The van der Waals surface area contributed by atoms with Crippen molar-refractivity contribution >= 4 is 11.7 Å². The molecule has 2 aromatic carbocycles. The Morgan fingerprint density at radius 1 is 1.19 bits per heavy atom. The fourth-order valence-electron chi connectivity index (χ4n) is 1.95. The van der Waals surface area contributed by atoms with E-state index in [9.17, 15) is 13.6 Å². The first-order chi connectivity index (χ1) is 10.0. The third kappa shape index (κ3) is 3.56. The summed E-state index contributed by atoms with van der Waals surface area (Å²) in [5, 5.41) is 2.90. The average molecular weight is 291 g/mol. The molecule has 0 bridgehead atoms. The Kier molecular flexibility index (Phi) is 4.52. The minimum absolute atomic E-state index is 0.196. The van der Waals surface area contributed by atoms with E-state index in [1.807, 2.05) is 0 Å². The molecule has 1 N–H and O–H groups in total. The van der Waals surface area contributed by atoms with Crippen LogP contribution in [0.3, 0.4) is 0 Å². The summed E-state index contributed by atoms with van der Waals surface area (Å²) in [6.07, 6.45) is 0. The molecule has 0 heterocycles. The van der Waals surface area contributed by atoms with Gasteiger partial charge in [-0.2, -0.15) is 0 Å². The van der Waals surface area contributed by atoms with Crippen LogP contribution in [0, 0.1) is 18.6 Å². The molecule has 0 aliphatic heterocycles. The Hall–Kier alpha value is -2.43. The van der Waals surface area contributed by atoms with Crippen molar-refractivity contribution in [3.63, 3.8) is 0 Å². The Morgan fingerprint density at radius 2 is 1.95 bits per heavy atom. The number of halogens is 2. The highest BCUT2D eigenvalue weighted by Gasteiger charge is 2.10. The first-order valence-corrected chi connectivity index (χ1v) is 6.38. The van der Waals surface area contributed by atoms with Gasteiger partial charge in [0.1, 0.15) is 11.6 Å². The van der Waals surface area contributed by atoms with E-state index in [0.717, 1.165) is 11.1 Å². The van der Waals surface area contributed by atoms with Crippen LogP contribution in [0.15, 0.2) is 36.4 Å². The molecule has 0 amide bonds. The zero-order chi connectivity index (χ0) is 15.4. The van der Waals surface area contributed by atoms with Crippen LogP contribution in [0.25, 0.3) is 0 Å². The van der Waals surface area contributed by atoms with E-state index in [2.05, 4.69) is 10.1 Å². The number of ether oxygens (including phenoxy) is 1. The van der Waals surface area contributed by atoms with Crippen LogP contribution in [-0.2, 0) is 11.3 Å². The van der Waals surface area contributed by atoms with Crippen molar-refractivity contribution < 1.29 is 18.3 Å². The largest absolute Gasteiger partial charge is 0.465 e. The normalized spacial score (nSPS) is 10.3. The molecule has 2 aromatic rings. The van der Waals surface area contributed by atoms with E-state index in [0.29, 0.717) is 6.54 Å². The molecule has 21 heavy (non-hydrogen) atoms. The van der Waals surface area contributed by atoms with Crippen LogP contribution < -0.4 is 5.32 Å². The second-order valence-corrected chi connectivity index (χ2v) is 4.61. The van der Waals surface area contributed by atoms with Crippen molar-refractivity contribution in [2.45, 2.75) is 13.5 Å². The molecule has 0 unspecified atom stereocenters. The zero-order valence-electron chi connectivity index (χ0n) is 11.7. The van der Waals surface area contributed by atoms with Crippen LogP contribution in [0.1, 0.15) is 21.5 Å². The highest BCUT2D eigenvalue weighted by molar-refractivity contribution is 5.90. The number of hydrogen-bond acceptors (Lipinski definition) is 3. The Bertz CT molecular complexity index is 671. The quantitative estimate of drug-likeness (QED) is 0.873. The van der Waals surface area contributed by atoms with Crippen LogP contribution in [-0.4, -0.2) is 13.1 Å². The lowest BCUT2D eigenvalue weighted by atomic mass is 10.1. The van der Waals surface area contributed by atoms with Gasteiger partial charge in [-0.15, -0.1) is 0 Å². The summed E-state index contributed by atoms with van der Waals surface area (Å²) >= 11 is 0. The van der Waals surface area contributed by atoms with Gasteiger partial charge in [0.2, 0.25) is 0 Å². The molecule has 0 saturated carbocycles. The lowest BCUT2D eigenvalue weighted by molar-refractivity contribution is 0.0600. The van der Waals surface area contributed by atoms with Crippen LogP contribution in [0.4, 0.5) is 14.5 Å². The predicted octanol–water partition coefficient (Wildman–Crippen LogP) is 3.67. The third-order valence-corrected chi connectivity index (χ3v) is 3.16. The highest BCUT2D eigenvalue weighted by atomic mass is 19.1. The summed E-state index contributed by atoms with van der Waals surface area (Å²) in [6.45, 7) is 2.11. The van der Waals surface area contributed by atoms with Gasteiger partial charge in [0.25, 0.3) is 0 Å². The Morgan fingerprint density at radius 3 is 2.62 bits per heavy atom. The first-order valence-electron chi connectivity index (χ1n) is 6.38. The summed E-state index contributed by atoms with van der Waals surface area (Å²) in [5.74, 6) is -1.31. The van der Waals surface area contributed by atoms with Gasteiger partial charge < -0.3 is 10.1 Å². The number of hydrogen-bond donors (Lipinski definition) is 1. The average Bonchev–Trinajstić information content (AvgIpc) is 2.47. The number of carbonyl (C=O) groups excluding carboxylic acids is 1. The van der Waals surface area contributed by atoms with E-state index in [4.69, 9.17) is 0 Å². The lowest BCUT2D eigenvalue weighted by Crippen LogP contribution is -2.06. The summed E-state index contributed by atoms with van der Waals surface area (Å²) in [6, 6.07) is 8.35. The second kappa shape index (κ2) is 6.35. The van der Waals surface area contributed by atoms with Crippen molar-refractivity contribution in [3.8, 4) is 0 Å². The second-order valence-electron chi connectivity index (χ2n) is 4.61. The number of esters is 1. The summed E-state index contributed by atoms with van der Waals surface area (Å²) in [5.41, 5.74) is 2.07. The molecule has 0 fully saturated rings. The zero-order valence-corrected chi connectivity index (χ0v) is 11.7. The Balaban J connectivity index is 2.17. The van der Waals surface area contributed by atoms with Crippen molar-refractivity contribution in [1.29, 1.82) is 0 Å². The number of benzene rings is 2. The summed E-state index contributed by atoms with van der Waals surface area (Å²) in [4.78, 5) is 11.4. The van der Waals surface area contributed by atoms with Crippen LogP contribution in [0.5, 0.6) is 0 Å². The van der Waals surface area contributed by atoms with Gasteiger partial charge in [-0.3, -0.25) is 0 Å². The molecule has 0 radical (unpaired) electrons. The van der Waals surface area contributed by atoms with Crippen molar-refractivity contribution in [2.75, 3.05) is 12.4 Å². The topological polar surface area (TPSA) is 38.3 Å². The van der Waals surface area contributed by atoms with E-state index < -0.39 is 11.8 Å².